The van der Waals surface area contributed by atoms with Gasteiger partial charge in [-0.3, -0.25) is 0 Å². The first-order valence-corrected chi connectivity index (χ1v) is 5.21. The van der Waals surface area contributed by atoms with Crippen LogP contribution >= 0.6 is 11.6 Å². The van der Waals surface area contributed by atoms with Crippen molar-refractivity contribution in [1.29, 1.82) is 0 Å². The molecule has 0 aliphatic rings. The molecule has 0 aromatic heterocycles. The molecule has 0 aliphatic carbocycles. The molecule has 0 saturated heterocycles. The van der Waals surface area contributed by atoms with Gasteiger partial charge in [0.1, 0.15) is 5.82 Å². The highest BCUT2D eigenvalue weighted by molar-refractivity contribution is 6.31. The third kappa shape index (κ3) is 2.96. The Hall–Kier alpha value is -0.600. The normalized spacial score (nSPS) is 12.9. The van der Waals surface area contributed by atoms with Crippen molar-refractivity contribution < 1.29 is 4.39 Å². The molecule has 78 valence electrons. The predicted molar refractivity (Wildman–Crippen MR) is 58.0 cm³/mol. The van der Waals surface area contributed by atoms with Crippen molar-refractivity contribution in [2.45, 2.75) is 32.2 Å². The maximum Gasteiger partial charge on any atom is 0.127 e. The quantitative estimate of drug-likeness (QED) is 0.821. The van der Waals surface area contributed by atoms with Gasteiger partial charge in [0.25, 0.3) is 0 Å². The van der Waals surface area contributed by atoms with E-state index in [1.165, 1.54) is 6.07 Å². The largest absolute Gasteiger partial charge is 0.328 e. The molecule has 0 amide bonds. The predicted octanol–water partition coefficient (Wildman–Crippen LogP) is 3.15. The van der Waals surface area contributed by atoms with E-state index in [0.717, 1.165) is 12.8 Å². The minimum absolute atomic E-state index is 0.130. The Morgan fingerprint density at radius 1 is 1.50 bits per heavy atom. The molecule has 1 unspecified atom stereocenters. The summed E-state index contributed by atoms with van der Waals surface area (Å²) in [7, 11) is 0. The molecule has 0 saturated carbocycles. The van der Waals surface area contributed by atoms with Crippen molar-refractivity contribution in [3.63, 3.8) is 0 Å². The SMILES string of the molecule is CCC(N)CCc1c(F)cccc1Cl. The van der Waals surface area contributed by atoms with Crippen LogP contribution in [-0.2, 0) is 6.42 Å². The van der Waals surface area contributed by atoms with Gasteiger partial charge < -0.3 is 5.73 Å². The summed E-state index contributed by atoms with van der Waals surface area (Å²) < 4.78 is 13.3. The van der Waals surface area contributed by atoms with Crippen molar-refractivity contribution in [2.75, 3.05) is 0 Å². The summed E-state index contributed by atoms with van der Waals surface area (Å²) in [4.78, 5) is 0. The molecule has 1 aromatic carbocycles. The third-order valence-corrected chi connectivity index (χ3v) is 2.71. The van der Waals surface area contributed by atoms with Crippen LogP contribution in [0, 0.1) is 5.82 Å². The van der Waals surface area contributed by atoms with Crippen LogP contribution in [0.3, 0.4) is 0 Å². The fraction of sp³-hybridized carbons (Fsp3) is 0.455. The van der Waals surface area contributed by atoms with E-state index in [9.17, 15) is 4.39 Å². The number of rotatable bonds is 4. The maximum absolute atomic E-state index is 13.3. The summed E-state index contributed by atoms with van der Waals surface area (Å²) in [5.74, 6) is -0.235. The molecule has 0 radical (unpaired) electrons. The van der Waals surface area contributed by atoms with E-state index in [-0.39, 0.29) is 11.9 Å². The summed E-state index contributed by atoms with van der Waals surface area (Å²) in [5, 5.41) is 0.494. The van der Waals surface area contributed by atoms with E-state index < -0.39 is 0 Å². The summed E-state index contributed by atoms with van der Waals surface area (Å²) in [6.07, 6.45) is 2.30. The summed E-state index contributed by atoms with van der Waals surface area (Å²) >= 11 is 5.88. The Morgan fingerprint density at radius 3 is 2.79 bits per heavy atom. The molecule has 1 rings (SSSR count). The Bertz CT molecular complexity index is 281. The lowest BCUT2D eigenvalue weighted by Crippen LogP contribution is -2.19. The molecule has 14 heavy (non-hydrogen) atoms. The minimum atomic E-state index is -0.235. The molecule has 0 fully saturated rings. The van der Waals surface area contributed by atoms with Crippen LogP contribution in [0.4, 0.5) is 4.39 Å². The Morgan fingerprint density at radius 2 is 2.21 bits per heavy atom. The smallest absolute Gasteiger partial charge is 0.127 e. The molecule has 1 nitrogen and oxygen atoms in total. The first-order chi connectivity index (χ1) is 6.65. The number of benzene rings is 1. The van der Waals surface area contributed by atoms with Crippen LogP contribution in [-0.4, -0.2) is 6.04 Å². The molecule has 0 heterocycles. The number of halogens is 2. The van der Waals surface area contributed by atoms with E-state index in [4.69, 9.17) is 17.3 Å². The standard InChI is InChI=1S/C11H15ClFN/c1-2-8(14)6-7-9-10(12)4-3-5-11(9)13/h3-5,8H,2,6-7,14H2,1H3. The lowest BCUT2D eigenvalue weighted by Gasteiger charge is -2.09. The van der Waals surface area contributed by atoms with Gasteiger partial charge in [-0.25, -0.2) is 4.39 Å². The van der Waals surface area contributed by atoms with Gasteiger partial charge >= 0.3 is 0 Å². The van der Waals surface area contributed by atoms with Gasteiger partial charge in [0.05, 0.1) is 0 Å². The van der Waals surface area contributed by atoms with Gasteiger partial charge in [0.2, 0.25) is 0 Å². The first kappa shape index (κ1) is 11.5. The van der Waals surface area contributed by atoms with E-state index in [1.807, 2.05) is 6.92 Å². The molecular formula is C11H15ClFN. The van der Waals surface area contributed by atoms with Gasteiger partial charge in [0, 0.05) is 16.6 Å². The van der Waals surface area contributed by atoms with Gasteiger partial charge in [0.15, 0.2) is 0 Å². The Labute approximate surface area is 89.1 Å². The third-order valence-electron chi connectivity index (χ3n) is 2.35. The number of nitrogens with two attached hydrogens (primary N) is 1. The highest BCUT2D eigenvalue weighted by atomic mass is 35.5. The van der Waals surface area contributed by atoms with Gasteiger partial charge in [-0.15, -0.1) is 0 Å². The van der Waals surface area contributed by atoms with E-state index in [1.54, 1.807) is 12.1 Å². The Balaban J connectivity index is 2.66. The second kappa shape index (κ2) is 5.32. The molecule has 1 aromatic rings. The zero-order valence-electron chi connectivity index (χ0n) is 8.26. The highest BCUT2D eigenvalue weighted by Gasteiger charge is 2.08. The number of hydrogen-bond acceptors (Lipinski definition) is 1. The van der Waals surface area contributed by atoms with Gasteiger partial charge in [-0.2, -0.15) is 0 Å². The lowest BCUT2D eigenvalue weighted by molar-refractivity contribution is 0.566. The second-order valence-corrected chi connectivity index (χ2v) is 3.81. The highest BCUT2D eigenvalue weighted by Crippen LogP contribution is 2.20. The average Bonchev–Trinajstić information content (AvgIpc) is 2.16. The zero-order chi connectivity index (χ0) is 10.6. The van der Waals surface area contributed by atoms with Crippen molar-refractivity contribution in [3.05, 3.63) is 34.6 Å². The number of hydrogen-bond donors (Lipinski definition) is 1. The Kier molecular flexibility index (Phi) is 4.36. The summed E-state index contributed by atoms with van der Waals surface area (Å²) in [6, 6.07) is 4.88. The average molecular weight is 216 g/mol. The van der Waals surface area contributed by atoms with E-state index >= 15 is 0 Å². The lowest BCUT2D eigenvalue weighted by atomic mass is 10.0. The van der Waals surface area contributed by atoms with E-state index in [2.05, 4.69) is 0 Å². The van der Waals surface area contributed by atoms with Crippen molar-refractivity contribution >= 4 is 11.6 Å². The van der Waals surface area contributed by atoms with E-state index in [0.29, 0.717) is 17.0 Å². The van der Waals surface area contributed by atoms with Gasteiger partial charge in [-0.1, -0.05) is 24.6 Å². The minimum Gasteiger partial charge on any atom is -0.328 e. The van der Waals surface area contributed by atoms with Crippen LogP contribution in [0.25, 0.3) is 0 Å². The van der Waals surface area contributed by atoms with Gasteiger partial charge in [-0.05, 0) is 31.4 Å². The van der Waals surface area contributed by atoms with Crippen LogP contribution in [0.2, 0.25) is 5.02 Å². The summed E-state index contributed by atoms with van der Waals surface area (Å²) in [5.41, 5.74) is 6.34. The molecule has 0 aliphatic heterocycles. The topological polar surface area (TPSA) is 26.0 Å². The van der Waals surface area contributed by atoms with Crippen LogP contribution in [0.5, 0.6) is 0 Å². The van der Waals surface area contributed by atoms with Crippen LogP contribution < -0.4 is 5.73 Å². The first-order valence-electron chi connectivity index (χ1n) is 4.83. The zero-order valence-corrected chi connectivity index (χ0v) is 9.02. The second-order valence-electron chi connectivity index (χ2n) is 3.41. The van der Waals surface area contributed by atoms with Crippen molar-refractivity contribution in [2.24, 2.45) is 5.73 Å². The van der Waals surface area contributed by atoms with Crippen LogP contribution in [0.1, 0.15) is 25.3 Å². The monoisotopic (exact) mass is 215 g/mol. The molecule has 1 atom stereocenters. The fourth-order valence-electron chi connectivity index (χ4n) is 1.31. The molecule has 3 heteroatoms. The molecule has 0 spiro atoms. The van der Waals surface area contributed by atoms with Crippen molar-refractivity contribution in [1.82, 2.24) is 0 Å². The van der Waals surface area contributed by atoms with Crippen molar-refractivity contribution in [3.8, 4) is 0 Å². The fourth-order valence-corrected chi connectivity index (χ4v) is 1.56. The summed E-state index contributed by atoms with van der Waals surface area (Å²) in [6.45, 7) is 2.02. The van der Waals surface area contributed by atoms with Crippen LogP contribution in [0.15, 0.2) is 18.2 Å². The molecular weight excluding hydrogens is 201 g/mol. The molecule has 2 N–H and O–H groups in total. The maximum atomic E-state index is 13.3. The molecule has 0 bridgehead atoms.